The fourth-order valence-corrected chi connectivity index (χ4v) is 2.85. The molecular formula is C12H18ClN3O. The predicted molar refractivity (Wildman–Crippen MR) is 67.3 cm³/mol. The van der Waals surface area contributed by atoms with Crippen LogP contribution in [0.25, 0.3) is 0 Å². The monoisotopic (exact) mass is 255 g/mol. The van der Waals surface area contributed by atoms with E-state index in [-0.39, 0.29) is 11.9 Å². The van der Waals surface area contributed by atoms with Gasteiger partial charge in [0.1, 0.15) is 5.69 Å². The van der Waals surface area contributed by atoms with Gasteiger partial charge in [0, 0.05) is 19.0 Å². The lowest BCUT2D eigenvalue weighted by atomic mass is 10.1. The third kappa shape index (κ3) is 2.63. The molecule has 1 saturated carbocycles. The van der Waals surface area contributed by atoms with Crippen LogP contribution in [0.1, 0.15) is 35.4 Å². The average Bonchev–Trinajstić information content (AvgIpc) is 2.84. The molecule has 2 rings (SSSR count). The van der Waals surface area contributed by atoms with Gasteiger partial charge in [-0.1, -0.05) is 6.42 Å². The summed E-state index contributed by atoms with van der Waals surface area (Å²) in [5.74, 6) is 0.986. The largest absolute Gasteiger partial charge is 0.348 e. The minimum atomic E-state index is -0.0462. The molecule has 0 spiro atoms. The Bertz CT molecular complexity index is 416. The first-order valence-corrected chi connectivity index (χ1v) is 6.52. The number of amides is 1. The number of hydrogen-bond acceptors (Lipinski definition) is 2. The van der Waals surface area contributed by atoms with Gasteiger partial charge in [-0.15, -0.1) is 11.6 Å². The van der Waals surface area contributed by atoms with Crippen molar-refractivity contribution >= 4 is 17.5 Å². The van der Waals surface area contributed by atoms with Crippen LogP contribution in [-0.2, 0) is 7.05 Å². The molecule has 1 amide bonds. The van der Waals surface area contributed by atoms with Crippen molar-refractivity contribution in [2.24, 2.45) is 13.0 Å². The van der Waals surface area contributed by atoms with Crippen molar-refractivity contribution in [3.8, 4) is 0 Å². The third-order valence-electron chi connectivity index (χ3n) is 3.41. The van der Waals surface area contributed by atoms with Crippen LogP contribution in [0.15, 0.2) is 6.07 Å². The van der Waals surface area contributed by atoms with E-state index in [1.165, 1.54) is 0 Å². The smallest absolute Gasteiger partial charge is 0.269 e. The van der Waals surface area contributed by atoms with E-state index >= 15 is 0 Å². The number of rotatable bonds is 3. The van der Waals surface area contributed by atoms with E-state index in [1.807, 2.05) is 6.92 Å². The van der Waals surface area contributed by atoms with Crippen LogP contribution in [0.3, 0.4) is 0 Å². The van der Waals surface area contributed by atoms with E-state index in [1.54, 1.807) is 17.8 Å². The summed E-state index contributed by atoms with van der Waals surface area (Å²) >= 11 is 5.90. The highest BCUT2D eigenvalue weighted by Crippen LogP contribution is 2.26. The Hall–Kier alpha value is -1.03. The summed E-state index contributed by atoms with van der Waals surface area (Å²) in [4.78, 5) is 12.1. The van der Waals surface area contributed by atoms with Crippen molar-refractivity contribution in [1.29, 1.82) is 0 Å². The fraction of sp³-hybridized carbons (Fsp3) is 0.667. The molecular weight excluding hydrogens is 238 g/mol. The topological polar surface area (TPSA) is 46.9 Å². The molecule has 0 aromatic carbocycles. The van der Waals surface area contributed by atoms with Gasteiger partial charge in [0.15, 0.2) is 0 Å². The van der Waals surface area contributed by atoms with Gasteiger partial charge < -0.3 is 5.32 Å². The molecule has 0 radical (unpaired) electrons. The van der Waals surface area contributed by atoms with Gasteiger partial charge in [-0.3, -0.25) is 9.48 Å². The first-order valence-electron chi connectivity index (χ1n) is 5.99. The number of nitrogens with one attached hydrogen (secondary N) is 1. The summed E-state index contributed by atoms with van der Waals surface area (Å²) in [6.45, 7) is 1.88. The van der Waals surface area contributed by atoms with Gasteiger partial charge in [0.05, 0.1) is 5.69 Å². The van der Waals surface area contributed by atoms with Gasteiger partial charge in [-0.05, 0) is 31.7 Å². The molecule has 2 atom stereocenters. The lowest BCUT2D eigenvalue weighted by Gasteiger charge is -2.18. The Balaban J connectivity index is 2.04. The van der Waals surface area contributed by atoms with Crippen molar-refractivity contribution in [3.63, 3.8) is 0 Å². The number of halogens is 1. The molecule has 0 saturated heterocycles. The molecule has 1 heterocycles. The maximum atomic E-state index is 12.1. The van der Waals surface area contributed by atoms with Crippen LogP contribution in [0.4, 0.5) is 0 Å². The summed E-state index contributed by atoms with van der Waals surface area (Å²) < 4.78 is 1.62. The summed E-state index contributed by atoms with van der Waals surface area (Å²) in [5, 5.41) is 7.24. The van der Waals surface area contributed by atoms with E-state index in [9.17, 15) is 4.79 Å². The number of hydrogen-bond donors (Lipinski definition) is 1. The van der Waals surface area contributed by atoms with Crippen molar-refractivity contribution < 1.29 is 4.79 Å². The first kappa shape index (κ1) is 12.4. The molecule has 4 nitrogen and oxygen atoms in total. The van der Waals surface area contributed by atoms with E-state index in [0.717, 1.165) is 25.0 Å². The van der Waals surface area contributed by atoms with E-state index < -0.39 is 0 Å². The minimum absolute atomic E-state index is 0.0462. The highest BCUT2D eigenvalue weighted by Gasteiger charge is 2.28. The zero-order valence-corrected chi connectivity index (χ0v) is 11.0. The Kier molecular flexibility index (Phi) is 3.72. The number of nitrogens with zero attached hydrogens (tertiary/aromatic N) is 2. The second kappa shape index (κ2) is 5.08. The lowest BCUT2D eigenvalue weighted by Crippen LogP contribution is -2.38. The van der Waals surface area contributed by atoms with Gasteiger partial charge in [-0.2, -0.15) is 5.10 Å². The number of alkyl halides is 1. The Morgan fingerprint density at radius 3 is 3.00 bits per heavy atom. The third-order valence-corrected chi connectivity index (χ3v) is 3.80. The molecule has 1 aromatic rings. The first-order chi connectivity index (χ1) is 8.11. The van der Waals surface area contributed by atoms with Crippen LogP contribution in [-0.4, -0.2) is 27.6 Å². The molecule has 2 unspecified atom stereocenters. The minimum Gasteiger partial charge on any atom is -0.348 e. The Morgan fingerprint density at radius 1 is 1.65 bits per heavy atom. The highest BCUT2D eigenvalue weighted by atomic mass is 35.5. The fourth-order valence-electron chi connectivity index (χ4n) is 2.48. The Labute approximate surface area is 106 Å². The number of aromatic nitrogens is 2. The molecule has 17 heavy (non-hydrogen) atoms. The number of aryl methyl sites for hydroxylation is 2. The van der Waals surface area contributed by atoms with Gasteiger partial charge in [0.2, 0.25) is 0 Å². The van der Waals surface area contributed by atoms with Crippen molar-refractivity contribution in [3.05, 3.63) is 17.5 Å². The van der Waals surface area contributed by atoms with E-state index in [4.69, 9.17) is 11.6 Å². The Morgan fingerprint density at radius 2 is 2.41 bits per heavy atom. The van der Waals surface area contributed by atoms with Gasteiger partial charge in [0.25, 0.3) is 5.91 Å². The summed E-state index contributed by atoms with van der Waals surface area (Å²) in [5.41, 5.74) is 1.47. The van der Waals surface area contributed by atoms with Crippen LogP contribution in [0.5, 0.6) is 0 Å². The van der Waals surface area contributed by atoms with Gasteiger partial charge >= 0.3 is 0 Å². The lowest BCUT2D eigenvalue weighted by molar-refractivity contribution is 0.0920. The van der Waals surface area contributed by atoms with Crippen LogP contribution in [0.2, 0.25) is 0 Å². The maximum absolute atomic E-state index is 12.1. The normalized spacial score (nSPS) is 23.9. The second-order valence-electron chi connectivity index (χ2n) is 4.72. The zero-order chi connectivity index (χ0) is 12.4. The molecule has 94 valence electrons. The maximum Gasteiger partial charge on any atom is 0.269 e. The molecule has 1 aliphatic rings. The van der Waals surface area contributed by atoms with Gasteiger partial charge in [-0.25, -0.2) is 0 Å². The standard InChI is InChI=1S/C12H18ClN3O/c1-8-6-11(16(2)15-8)12(17)14-10-5-3-4-9(10)7-13/h6,9-10H,3-5,7H2,1-2H3,(H,14,17). The van der Waals surface area contributed by atoms with Crippen LogP contribution >= 0.6 is 11.6 Å². The summed E-state index contributed by atoms with van der Waals surface area (Å²) in [6, 6.07) is 2.02. The van der Waals surface area contributed by atoms with Crippen molar-refractivity contribution in [1.82, 2.24) is 15.1 Å². The molecule has 1 fully saturated rings. The second-order valence-corrected chi connectivity index (χ2v) is 5.03. The predicted octanol–water partition coefficient (Wildman–Crippen LogP) is 1.87. The van der Waals surface area contributed by atoms with Crippen LogP contribution < -0.4 is 5.32 Å². The molecule has 5 heteroatoms. The molecule has 1 N–H and O–H groups in total. The summed E-state index contributed by atoms with van der Waals surface area (Å²) in [7, 11) is 1.79. The van der Waals surface area contributed by atoms with E-state index in [0.29, 0.717) is 17.5 Å². The summed E-state index contributed by atoms with van der Waals surface area (Å²) in [6.07, 6.45) is 3.28. The number of carbonyl (C=O) groups excluding carboxylic acids is 1. The number of carbonyl (C=O) groups is 1. The zero-order valence-electron chi connectivity index (χ0n) is 10.2. The molecule has 1 aliphatic carbocycles. The average molecular weight is 256 g/mol. The van der Waals surface area contributed by atoms with E-state index in [2.05, 4.69) is 10.4 Å². The van der Waals surface area contributed by atoms with Crippen molar-refractivity contribution in [2.75, 3.05) is 5.88 Å². The highest BCUT2D eigenvalue weighted by molar-refractivity contribution is 6.18. The SMILES string of the molecule is Cc1cc(C(=O)NC2CCCC2CCl)n(C)n1. The molecule has 1 aromatic heterocycles. The molecule has 0 bridgehead atoms. The van der Waals surface area contributed by atoms with Crippen molar-refractivity contribution in [2.45, 2.75) is 32.2 Å². The quantitative estimate of drug-likeness (QED) is 0.839. The van der Waals surface area contributed by atoms with Crippen LogP contribution in [0, 0.1) is 12.8 Å². The molecule has 0 aliphatic heterocycles.